The van der Waals surface area contributed by atoms with Crippen LogP contribution in [-0.4, -0.2) is 30.6 Å². The zero-order chi connectivity index (χ0) is 15.4. The van der Waals surface area contributed by atoms with Crippen LogP contribution in [0, 0.1) is 17.6 Å². The second-order valence-electron chi connectivity index (χ2n) is 6.13. The lowest BCUT2D eigenvalue weighted by Gasteiger charge is -2.33. The molecule has 0 amide bonds. The molecule has 0 saturated carbocycles. The molecule has 1 saturated heterocycles. The molecule has 1 aromatic rings. The summed E-state index contributed by atoms with van der Waals surface area (Å²) >= 11 is 3.13. The van der Waals surface area contributed by atoms with Crippen molar-refractivity contribution in [3.05, 3.63) is 33.8 Å². The van der Waals surface area contributed by atoms with Gasteiger partial charge < -0.3 is 5.32 Å². The van der Waals surface area contributed by atoms with E-state index in [2.05, 4.69) is 40.0 Å². The van der Waals surface area contributed by atoms with Gasteiger partial charge in [0.1, 0.15) is 11.6 Å². The molecule has 1 atom stereocenters. The third kappa shape index (κ3) is 4.73. The van der Waals surface area contributed by atoms with E-state index in [0.29, 0.717) is 23.0 Å². The molecule has 1 aliphatic rings. The first-order valence-corrected chi connectivity index (χ1v) is 8.34. The minimum atomic E-state index is -0.475. The molecule has 21 heavy (non-hydrogen) atoms. The number of benzene rings is 1. The van der Waals surface area contributed by atoms with Gasteiger partial charge in [0, 0.05) is 24.7 Å². The van der Waals surface area contributed by atoms with Gasteiger partial charge in [0.25, 0.3) is 0 Å². The summed E-state index contributed by atoms with van der Waals surface area (Å²) in [5.74, 6) is -0.380. The standard InChI is InChI=1S/C16H23BrF2N2/c1-11(2)20-8-12-4-3-7-21(9-12)10-13-15(18)6-5-14(17)16(13)19/h5-6,11-12,20H,3-4,7-10H2,1-2H3. The number of piperidine rings is 1. The average Bonchev–Trinajstić information content (AvgIpc) is 2.46. The van der Waals surface area contributed by atoms with Gasteiger partial charge in [-0.05, 0) is 59.9 Å². The molecule has 2 rings (SSSR count). The maximum Gasteiger partial charge on any atom is 0.144 e. The number of nitrogens with one attached hydrogen (secondary N) is 1. The highest BCUT2D eigenvalue weighted by Gasteiger charge is 2.22. The topological polar surface area (TPSA) is 15.3 Å². The lowest BCUT2D eigenvalue weighted by Crippen LogP contribution is -2.40. The summed E-state index contributed by atoms with van der Waals surface area (Å²) in [6.07, 6.45) is 2.27. The SMILES string of the molecule is CC(C)NCC1CCCN(Cc2c(F)ccc(Br)c2F)C1. The number of hydrogen-bond donors (Lipinski definition) is 1. The third-order valence-corrected chi connectivity index (χ3v) is 4.55. The van der Waals surface area contributed by atoms with E-state index in [9.17, 15) is 8.78 Å². The molecule has 1 heterocycles. The number of hydrogen-bond acceptors (Lipinski definition) is 2. The molecule has 0 aromatic heterocycles. The maximum absolute atomic E-state index is 14.0. The number of likely N-dealkylation sites (tertiary alicyclic amines) is 1. The fourth-order valence-electron chi connectivity index (χ4n) is 2.80. The van der Waals surface area contributed by atoms with Crippen LogP contribution in [0.25, 0.3) is 0 Å². The van der Waals surface area contributed by atoms with E-state index in [0.717, 1.165) is 26.1 Å². The first-order valence-electron chi connectivity index (χ1n) is 7.55. The Kier molecular flexibility index (Phi) is 6.14. The zero-order valence-electron chi connectivity index (χ0n) is 12.6. The second kappa shape index (κ2) is 7.65. The lowest BCUT2D eigenvalue weighted by molar-refractivity contribution is 0.160. The van der Waals surface area contributed by atoms with Crippen molar-refractivity contribution in [3.63, 3.8) is 0 Å². The Hall–Kier alpha value is -0.520. The number of nitrogens with zero attached hydrogens (tertiary/aromatic N) is 1. The molecule has 1 fully saturated rings. The van der Waals surface area contributed by atoms with Crippen LogP contribution in [0.4, 0.5) is 8.78 Å². The van der Waals surface area contributed by atoms with Crippen molar-refractivity contribution < 1.29 is 8.78 Å². The molecular formula is C16H23BrF2N2. The van der Waals surface area contributed by atoms with Crippen molar-refractivity contribution in [1.82, 2.24) is 10.2 Å². The van der Waals surface area contributed by atoms with Gasteiger partial charge in [0.05, 0.1) is 4.47 Å². The first-order chi connectivity index (χ1) is 9.97. The largest absolute Gasteiger partial charge is 0.314 e. The van der Waals surface area contributed by atoms with Gasteiger partial charge in [-0.15, -0.1) is 0 Å². The Balaban J connectivity index is 1.98. The van der Waals surface area contributed by atoms with Crippen molar-refractivity contribution in [2.24, 2.45) is 5.92 Å². The van der Waals surface area contributed by atoms with Gasteiger partial charge in [-0.2, -0.15) is 0 Å². The predicted octanol–water partition coefficient (Wildman–Crippen LogP) is 3.94. The van der Waals surface area contributed by atoms with Gasteiger partial charge in [0.15, 0.2) is 0 Å². The van der Waals surface area contributed by atoms with Crippen molar-refractivity contribution >= 4 is 15.9 Å². The van der Waals surface area contributed by atoms with Crippen LogP contribution in [0.2, 0.25) is 0 Å². The smallest absolute Gasteiger partial charge is 0.144 e. The summed E-state index contributed by atoms with van der Waals surface area (Å²) < 4.78 is 28.2. The molecule has 5 heteroatoms. The van der Waals surface area contributed by atoms with Crippen LogP contribution in [0.5, 0.6) is 0 Å². The van der Waals surface area contributed by atoms with Crippen molar-refractivity contribution in [2.45, 2.75) is 39.3 Å². The maximum atomic E-state index is 14.0. The fraction of sp³-hybridized carbons (Fsp3) is 0.625. The van der Waals surface area contributed by atoms with Crippen molar-refractivity contribution in [2.75, 3.05) is 19.6 Å². The summed E-state index contributed by atoms with van der Waals surface area (Å²) in [5.41, 5.74) is 0.168. The highest BCUT2D eigenvalue weighted by Crippen LogP contribution is 2.25. The molecule has 0 bridgehead atoms. The number of halogens is 3. The normalized spacial score (nSPS) is 20.2. The second-order valence-corrected chi connectivity index (χ2v) is 6.98. The van der Waals surface area contributed by atoms with E-state index < -0.39 is 11.6 Å². The summed E-state index contributed by atoms with van der Waals surface area (Å²) in [4.78, 5) is 2.16. The van der Waals surface area contributed by atoms with Gasteiger partial charge in [0.2, 0.25) is 0 Å². The van der Waals surface area contributed by atoms with Gasteiger partial charge >= 0.3 is 0 Å². The van der Waals surface area contributed by atoms with E-state index in [4.69, 9.17) is 0 Å². The molecular weight excluding hydrogens is 338 g/mol. The Morgan fingerprint density at radius 3 is 2.86 bits per heavy atom. The van der Waals surface area contributed by atoms with Gasteiger partial charge in [-0.25, -0.2) is 8.78 Å². The highest BCUT2D eigenvalue weighted by atomic mass is 79.9. The summed E-state index contributed by atoms with van der Waals surface area (Å²) in [6, 6.07) is 3.21. The zero-order valence-corrected chi connectivity index (χ0v) is 14.2. The molecule has 0 spiro atoms. The Bertz CT molecular complexity index is 480. The highest BCUT2D eigenvalue weighted by molar-refractivity contribution is 9.10. The van der Waals surface area contributed by atoms with Crippen molar-refractivity contribution in [1.29, 1.82) is 0 Å². The van der Waals surface area contributed by atoms with Crippen LogP contribution >= 0.6 is 15.9 Å². The summed E-state index contributed by atoms with van der Waals surface area (Å²) in [5, 5.41) is 3.45. The lowest BCUT2D eigenvalue weighted by atomic mass is 9.97. The predicted molar refractivity (Wildman–Crippen MR) is 85.2 cm³/mol. The van der Waals surface area contributed by atoms with E-state index in [1.54, 1.807) is 0 Å². The molecule has 118 valence electrons. The molecule has 1 N–H and O–H groups in total. The summed E-state index contributed by atoms with van der Waals surface area (Å²) in [7, 11) is 0. The minimum Gasteiger partial charge on any atom is -0.314 e. The van der Waals surface area contributed by atoms with Gasteiger partial charge in [-0.1, -0.05) is 13.8 Å². The van der Waals surface area contributed by atoms with Crippen LogP contribution in [0.3, 0.4) is 0 Å². The molecule has 0 aliphatic carbocycles. The van der Waals surface area contributed by atoms with E-state index in [-0.39, 0.29) is 5.56 Å². The molecule has 1 aliphatic heterocycles. The van der Waals surface area contributed by atoms with Crippen LogP contribution in [-0.2, 0) is 6.54 Å². The number of rotatable bonds is 5. The van der Waals surface area contributed by atoms with Crippen LogP contribution < -0.4 is 5.32 Å². The van der Waals surface area contributed by atoms with Crippen LogP contribution in [0.15, 0.2) is 16.6 Å². The monoisotopic (exact) mass is 360 g/mol. The fourth-order valence-corrected chi connectivity index (χ4v) is 3.17. The Morgan fingerprint density at radius 1 is 1.38 bits per heavy atom. The van der Waals surface area contributed by atoms with E-state index in [1.807, 2.05) is 0 Å². The molecule has 0 radical (unpaired) electrons. The van der Waals surface area contributed by atoms with Crippen molar-refractivity contribution in [3.8, 4) is 0 Å². The third-order valence-electron chi connectivity index (χ3n) is 3.94. The van der Waals surface area contributed by atoms with E-state index >= 15 is 0 Å². The first kappa shape index (κ1) is 16.8. The van der Waals surface area contributed by atoms with Gasteiger partial charge in [-0.3, -0.25) is 4.90 Å². The Labute approximate surface area is 134 Å². The van der Waals surface area contributed by atoms with Crippen LogP contribution in [0.1, 0.15) is 32.3 Å². The summed E-state index contributed by atoms with van der Waals surface area (Å²) in [6.45, 7) is 7.38. The minimum absolute atomic E-state index is 0.168. The molecule has 2 nitrogen and oxygen atoms in total. The molecule has 1 unspecified atom stereocenters. The molecule has 1 aromatic carbocycles. The van der Waals surface area contributed by atoms with E-state index in [1.165, 1.54) is 18.6 Å². The average molecular weight is 361 g/mol. The Morgan fingerprint density at radius 2 is 2.14 bits per heavy atom. The quantitative estimate of drug-likeness (QED) is 0.800.